The molecule has 1 amide bonds. The normalized spacial score (nSPS) is 10.3. The van der Waals surface area contributed by atoms with Crippen LogP contribution in [0, 0.1) is 6.92 Å². The zero-order valence-electron chi connectivity index (χ0n) is 13.5. The van der Waals surface area contributed by atoms with E-state index in [2.05, 4.69) is 32.9 Å². The van der Waals surface area contributed by atoms with Crippen molar-refractivity contribution in [2.75, 3.05) is 12.4 Å². The van der Waals surface area contributed by atoms with E-state index >= 15 is 0 Å². The number of halogens is 1. The van der Waals surface area contributed by atoms with Gasteiger partial charge in [0, 0.05) is 5.56 Å². The molecular formula is C18H20BrNO3. The largest absolute Gasteiger partial charge is 0.488 e. The minimum atomic E-state index is -0.490. The summed E-state index contributed by atoms with van der Waals surface area (Å²) in [4.78, 5) is 11.5. The Morgan fingerprint density at radius 3 is 2.70 bits per heavy atom. The molecule has 0 saturated heterocycles. The molecule has 0 heterocycles. The number of amides is 1. The highest BCUT2D eigenvalue weighted by Gasteiger charge is 2.12. The molecule has 122 valence electrons. The van der Waals surface area contributed by atoms with Crippen LogP contribution in [0.25, 0.3) is 0 Å². The second-order valence-electron chi connectivity index (χ2n) is 5.14. The van der Waals surface area contributed by atoms with E-state index in [4.69, 9.17) is 4.74 Å². The Hall–Kier alpha value is -2.01. The van der Waals surface area contributed by atoms with E-state index in [1.807, 2.05) is 43.3 Å². The molecule has 0 aromatic heterocycles. The fraction of sp³-hybridized carbons (Fsp3) is 0.278. The van der Waals surface area contributed by atoms with E-state index in [9.17, 15) is 4.79 Å². The van der Waals surface area contributed by atoms with E-state index in [0.29, 0.717) is 12.3 Å². The van der Waals surface area contributed by atoms with Crippen LogP contribution >= 0.6 is 15.9 Å². The average molecular weight is 378 g/mol. The highest BCUT2D eigenvalue weighted by molar-refractivity contribution is 9.10. The molecule has 0 aliphatic heterocycles. The summed E-state index contributed by atoms with van der Waals surface area (Å²) < 4.78 is 11.5. The van der Waals surface area contributed by atoms with E-state index in [-0.39, 0.29) is 0 Å². The van der Waals surface area contributed by atoms with Gasteiger partial charge in [-0.2, -0.15) is 0 Å². The Balaban J connectivity index is 2.24. The smallest absolute Gasteiger partial charge is 0.411 e. The molecule has 0 spiro atoms. The van der Waals surface area contributed by atoms with Gasteiger partial charge < -0.3 is 9.47 Å². The molecular weight excluding hydrogens is 358 g/mol. The van der Waals surface area contributed by atoms with E-state index in [0.717, 1.165) is 33.3 Å². The molecule has 0 saturated carbocycles. The molecule has 0 fully saturated rings. The maximum Gasteiger partial charge on any atom is 0.411 e. The molecule has 0 aliphatic carbocycles. The first-order valence-corrected chi connectivity index (χ1v) is 8.19. The van der Waals surface area contributed by atoms with Crippen LogP contribution in [0.5, 0.6) is 5.75 Å². The third-order valence-electron chi connectivity index (χ3n) is 3.54. The third-order valence-corrected chi connectivity index (χ3v) is 4.16. The highest BCUT2D eigenvalue weighted by atomic mass is 79.9. The molecule has 4 nitrogen and oxygen atoms in total. The molecule has 0 unspecified atom stereocenters. The van der Waals surface area contributed by atoms with E-state index < -0.39 is 6.09 Å². The van der Waals surface area contributed by atoms with Crippen LogP contribution in [0.4, 0.5) is 10.5 Å². The first kappa shape index (κ1) is 17.3. The van der Waals surface area contributed by atoms with Crippen LogP contribution in [0.2, 0.25) is 0 Å². The molecule has 0 radical (unpaired) electrons. The van der Waals surface area contributed by atoms with Gasteiger partial charge in [-0.1, -0.05) is 25.1 Å². The molecule has 2 aromatic carbocycles. The third kappa shape index (κ3) is 4.48. The molecule has 2 aromatic rings. The summed E-state index contributed by atoms with van der Waals surface area (Å²) in [6.45, 7) is 4.47. The minimum absolute atomic E-state index is 0.366. The predicted octanol–water partition coefficient (Wildman–Crippen LogP) is 5.08. The van der Waals surface area contributed by atoms with Crippen molar-refractivity contribution < 1.29 is 14.3 Å². The monoisotopic (exact) mass is 377 g/mol. The summed E-state index contributed by atoms with van der Waals surface area (Å²) in [7, 11) is 1.35. The lowest BCUT2D eigenvalue weighted by Gasteiger charge is -2.16. The highest BCUT2D eigenvalue weighted by Crippen LogP contribution is 2.28. The predicted molar refractivity (Wildman–Crippen MR) is 95.1 cm³/mol. The van der Waals surface area contributed by atoms with Crippen LogP contribution in [0.3, 0.4) is 0 Å². The average Bonchev–Trinajstić information content (AvgIpc) is 2.54. The lowest BCUT2D eigenvalue weighted by Crippen LogP contribution is -2.14. The van der Waals surface area contributed by atoms with Crippen molar-refractivity contribution in [1.29, 1.82) is 0 Å². The number of hydrogen-bond acceptors (Lipinski definition) is 3. The Bertz CT molecular complexity index is 701. The molecule has 1 N–H and O–H groups in total. The number of hydrogen-bond donors (Lipinski definition) is 1. The van der Waals surface area contributed by atoms with Gasteiger partial charge in [-0.25, -0.2) is 4.79 Å². The van der Waals surface area contributed by atoms with Crippen molar-refractivity contribution in [3.05, 3.63) is 57.6 Å². The van der Waals surface area contributed by atoms with Crippen molar-refractivity contribution in [2.24, 2.45) is 0 Å². The zero-order chi connectivity index (χ0) is 16.8. The van der Waals surface area contributed by atoms with Crippen LogP contribution in [-0.2, 0) is 17.8 Å². The van der Waals surface area contributed by atoms with Crippen LogP contribution < -0.4 is 10.1 Å². The van der Waals surface area contributed by atoms with Crippen molar-refractivity contribution in [3.63, 3.8) is 0 Å². The van der Waals surface area contributed by atoms with Crippen LogP contribution in [-0.4, -0.2) is 13.2 Å². The fourth-order valence-electron chi connectivity index (χ4n) is 2.29. The summed E-state index contributed by atoms with van der Waals surface area (Å²) in [6, 6.07) is 11.7. The molecule has 0 atom stereocenters. The summed E-state index contributed by atoms with van der Waals surface area (Å²) in [5.74, 6) is 0.769. The lowest BCUT2D eigenvalue weighted by atomic mass is 10.0. The number of rotatable bonds is 5. The molecule has 2 rings (SSSR count). The van der Waals surface area contributed by atoms with Gasteiger partial charge in [0.15, 0.2) is 0 Å². The van der Waals surface area contributed by atoms with Gasteiger partial charge in [0.05, 0.1) is 17.3 Å². The zero-order valence-corrected chi connectivity index (χ0v) is 15.1. The van der Waals surface area contributed by atoms with Gasteiger partial charge in [-0.05, 0) is 58.6 Å². The van der Waals surface area contributed by atoms with E-state index in [1.54, 1.807) is 0 Å². The van der Waals surface area contributed by atoms with Gasteiger partial charge in [0.25, 0.3) is 0 Å². The van der Waals surface area contributed by atoms with Crippen LogP contribution in [0.1, 0.15) is 23.6 Å². The number of benzene rings is 2. The van der Waals surface area contributed by atoms with Crippen molar-refractivity contribution in [1.82, 2.24) is 0 Å². The number of ether oxygens (including phenoxy) is 2. The molecule has 0 aliphatic rings. The first-order chi connectivity index (χ1) is 11.0. The second-order valence-corrected chi connectivity index (χ2v) is 5.99. The number of carbonyl (C=O) groups is 1. The second kappa shape index (κ2) is 8.02. The Morgan fingerprint density at radius 1 is 1.26 bits per heavy atom. The number of nitrogens with one attached hydrogen (secondary N) is 1. The molecule has 5 heteroatoms. The Kier molecular flexibility index (Phi) is 6.04. The molecule has 23 heavy (non-hydrogen) atoms. The summed E-state index contributed by atoms with van der Waals surface area (Å²) in [5.41, 5.74) is 3.95. The van der Waals surface area contributed by atoms with Crippen molar-refractivity contribution in [2.45, 2.75) is 26.9 Å². The number of aryl methyl sites for hydroxylation is 2. The van der Waals surface area contributed by atoms with Gasteiger partial charge >= 0.3 is 6.09 Å². The summed E-state index contributed by atoms with van der Waals surface area (Å²) >= 11 is 3.51. The van der Waals surface area contributed by atoms with Crippen molar-refractivity contribution in [3.8, 4) is 5.75 Å². The standard InChI is InChI=1S/C18H20BrNO3/c1-4-13-6-5-7-16(20-18(21)22-3)14(13)11-23-17-9-8-12(2)10-15(17)19/h5-10H,4,11H2,1-3H3,(H,20,21). The van der Waals surface area contributed by atoms with Gasteiger partial charge in [0.2, 0.25) is 0 Å². The molecule has 0 bridgehead atoms. The lowest BCUT2D eigenvalue weighted by molar-refractivity contribution is 0.187. The van der Waals surface area contributed by atoms with Crippen molar-refractivity contribution >= 4 is 27.7 Å². The quantitative estimate of drug-likeness (QED) is 0.790. The fourth-order valence-corrected chi connectivity index (χ4v) is 2.89. The van der Waals surface area contributed by atoms with Crippen LogP contribution in [0.15, 0.2) is 40.9 Å². The van der Waals surface area contributed by atoms with Gasteiger partial charge in [0.1, 0.15) is 12.4 Å². The maximum atomic E-state index is 11.5. The Morgan fingerprint density at radius 2 is 2.04 bits per heavy atom. The first-order valence-electron chi connectivity index (χ1n) is 7.39. The van der Waals surface area contributed by atoms with E-state index in [1.165, 1.54) is 7.11 Å². The SMILES string of the molecule is CCc1cccc(NC(=O)OC)c1COc1ccc(C)cc1Br. The van der Waals surface area contributed by atoms with Gasteiger partial charge in [-0.15, -0.1) is 0 Å². The Labute approximate surface area is 144 Å². The summed E-state index contributed by atoms with van der Waals surface area (Å²) in [5, 5.41) is 2.74. The topological polar surface area (TPSA) is 47.6 Å². The minimum Gasteiger partial charge on any atom is -0.488 e. The van der Waals surface area contributed by atoms with Gasteiger partial charge in [-0.3, -0.25) is 5.32 Å². The number of anilines is 1. The number of carbonyl (C=O) groups excluding carboxylic acids is 1. The number of methoxy groups -OCH3 is 1. The maximum absolute atomic E-state index is 11.5. The summed E-state index contributed by atoms with van der Waals surface area (Å²) in [6.07, 6.45) is 0.362.